The molecule has 2 unspecified atom stereocenters. The second-order valence-electron chi connectivity index (χ2n) is 7.00. The van der Waals surface area contributed by atoms with Crippen molar-refractivity contribution in [1.29, 1.82) is 0 Å². The first kappa shape index (κ1) is 16.4. The number of hydrogen-bond acceptors (Lipinski definition) is 5. The number of aromatic hydroxyl groups is 2. The van der Waals surface area contributed by atoms with E-state index in [1.165, 1.54) is 0 Å². The number of rotatable bonds is 6. The monoisotopic (exact) mass is 342 g/mol. The van der Waals surface area contributed by atoms with Gasteiger partial charge in [0.15, 0.2) is 0 Å². The molecule has 0 amide bonds. The molecule has 0 aromatic heterocycles. The predicted octanol–water partition coefficient (Wildman–Crippen LogP) is 2.88. The number of hydrogen-bond donors (Lipinski definition) is 2. The Morgan fingerprint density at radius 1 is 0.840 bits per heavy atom. The van der Waals surface area contributed by atoms with Crippen LogP contribution < -0.4 is 0 Å². The lowest BCUT2D eigenvalue weighted by Gasteiger charge is -2.20. The van der Waals surface area contributed by atoms with E-state index in [2.05, 4.69) is 0 Å². The van der Waals surface area contributed by atoms with Crippen molar-refractivity contribution >= 4 is 0 Å². The van der Waals surface area contributed by atoms with Crippen LogP contribution in [0.1, 0.15) is 22.3 Å². The molecule has 2 aliphatic rings. The lowest BCUT2D eigenvalue weighted by Crippen LogP contribution is -2.25. The Bertz CT molecular complexity index is 698. The summed E-state index contributed by atoms with van der Waals surface area (Å²) < 4.78 is 17.3. The molecule has 132 valence electrons. The zero-order valence-electron chi connectivity index (χ0n) is 14.4. The van der Waals surface area contributed by atoms with Crippen LogP contribution in [0, 0.1) is 13.8 Å². The first-order valence-corrected chi connectivity index (χ1v) is 8.41. The van der Waals surface area contributed by atoms with Gasteiger partial charge in [0.2, 0.25) is 0 Å². The summed E-state index contributed by atoms with van der Waals surface area (Å²) in [6, 6.07) is 10.9. The SMILES string of the molecule is Cc1cccc(O)c1C1(COCC2(c3c(C)cccc3O)CO2)CO1. The van der Waals surface area contributed by atoms with E-state index < -0.39 is 11.2 Å². The lowest BCUT2D eigenvalue weighted by molar-refractivity contribution is 0.0388. The molecule has 2 N–H and O–H groups in total. The van der Waals surface area contributed by atoms with Crippen molar-refractivity contribution in [2.24, 2.45) is 0 Å². The minimum atomic E-state index is -0.584. The highest BCUT2D eigenvalue weighted by molar-refractivity contribution is 5.46. The van der Waals surface area contributed by atoms with Gasteiger partial charge in [-0.3, -0.25) is 0 Å². The Kier molecular flexibility index (Phi) is 3.76. The van der Waals surface area contributed by atoms with Crippen LogP contribution in [0.3, 0.4) is 0 Å². The third kappa shape index (κ3) is 2.78. The van der Waals surface area contributed by atoms with Crippen molar-refractivity contribution in [2.45, 2.75) is 25.0 Å². The van der Waals surface area contributed by atoms with Gasteiger partial charge in [-0.25, -0.2) is 0 Å². The molecule has 4 rings (SSSR count). The summed E-state index contributed by atoms with van der Waals surface area (Å²) >= 11 is 0. The molecule has 2 aromatic carbocycles. The summed E-state index contributed by atoms with van der Waals surface area (Å²) in [6.45, 7) is 5.63. The molecular formula is C20H22O5. The number of epoxide rings is 2. The Labute approximate surface area is 146 Å². The smallest absolute Gasteiger partial charge is 0.143 e. The predicted molar refractivity (Wildman–Crippen MR) is 91.8 cm³/mol. The fraction of sp³-hybridized carbons (Fsp3) is 0.400. The van der Waals surface area contributed by atoms with Crippen molar-refractivity contribution in [1.82, 2.24) is 0 Å². The summed E-state index contributed by atoms with van der Waals surface area (Å²) in [5.74, 6) is 0.463. The molecule has 2 atom stereocenters. The van der Waals surface area contributed by atoms with Crippen LogP contribution in [0.25, 0.3) is 0 Å². The fourth-order valence-electron chi connectivity index (χ4n) is 3.64. The van der Waals surface area contributed by atoms with Crippen LogP contribution in [0.4, 0.5) is 0 Å². The van der Waals surface area contributed by atoms with E-state index >= 15 is 0 Å². The van der Waals surface area contributed by atoms with Gasteiger partial charge in [0.25, 0.3) is 0 Å². The molecule has 0 aliphatic carbocycles. The molecule has 2 aliphatic heterocycles. The number of ether oxygens (including phenoxy) is 3. The van der Waals surface area contributed by atoms with Gasteiger partial charge in [-0.15, -0.1) is 0 Å². The van der Waals surface area contributed by atoms with Crippen LogP contribution in [-0.4, -0.2) is 36.6 Å². The first-order chi connectivity index (χ1) is 12.0. The maximum atomic E-state index is 10.2. The average molecular weight is 342 g/mol. The molecular weight excluding hydrogens is 320 g/mol. The third-order valence-corrected chi connectivity index (χ3v) is 5.07. The van der Waals surface area contributed by atoms with E-state index in [4.69, 9.17) is 14.2 Å². The average Bonchev–Trinajstić information content (AvgIpc) is 3.46. The minimum Gasteiger partial charge on any atom is -0.508 e. The maximum absolute atomic E-state index is 10.2. The van der Waals surface area contributed by atoms with Gasteiger partial charge in [-0.1, -0.05) is 24.3 Å². The maximum Gasteiger partial charge on any atom is 0.143 e. The van der Waals surface area contributed by atoms with E-state index in [1.54, 1.807) is 12.1 Å². The Morgan fingerprint density at radius 2 is 1.24 bits per heavy atom. The number of phenols is 2. The topological polar surface area (TPSA) is 74.8 Å². The van der Waals surface area contributed by atoms with Crippen molar-refractivity contribution in [3.05, 3.63) is 58.7 Å². The van der Waals surface area contributed by atoms with E-state index in [9.17, 15) is 10.2 Å². The molecule has 0 saturated carbocycles. The first-order valence-electron chi connectivity index (χ1n) is 8.41. The molecule has 25 heavy (non-hydrogen) atoms. The number of benzene rings is 2. The fourth-order valence-corrected chi connectivity index (χ4v) is 3.64. The van der Waals surface area contributed by atoms with E-state index in [-0.39, 0.29) is 11.5 Å². The second-order valence-corrected chi connectivity index (χ2v) is 7.00. The normalized spacial score (nSPS) is 27.3. The Balaban J connectivity index is 1.48. The summed E-state index contributed by atoms with van der Waals surface area (Å²) in [5.41, 5.74) is 2.38. The largest absolute Gasteiger partial charge is 0.508 e. The van der Waals surface area contributed by atoms with E-state index in [0.717, 1.165) is 22.3 Å². The Hall–Kier alpha value is -2.08. The van der Waals surface area contributed by atoms with Gasteiger partial charge in [-0.05, 0) is 37.1 Å². The van der Waals surface area contributed by atoms with Crippen LogP contribution in [0.15, 0.2) is 36.4 Å². The molecule has 2 fully saturated rings. The molecule has 0 bridgehead atoms. The zero-order chi connectivity index (χ0) is 17.7. The molecule has 0 spiro atoms. The lowest BCUT2D eigenvalue weighted by atomic mass is 9.94. The van der Waals surface area contributed by atoms with E-state index in [0.29, 0.717) is 26.4 Å². The van der Waals surface area contributed by atoms with E-state index in [1.807, 2.05) is 38.1 Å². The standard InChI is InChI=1S/C20H22O5/c1-13-5-3-7-15(21)17(13)19(11-24-19)9-23-10-20(12-25-20)18-14(2)6-4-8-16(18)22/h3-8,21-22H,9-12H2,1-2H3. The molecule has 2 saturated heterocycles. The molecule has 5 nitrogen and oxygen atoms in total. The summed E-state index contributed by atoms with van der Waals surface area (Å²) in [4.78, 5) is 0. The van der Waals surface area contributed by atoms with Gasteiger partial charge in [0.1, 0.15) is 22.7 Å². The van der Waals surface area contributed by atoms with Crippen molar-refractivity contribution in [2.75, 3.05) is 26.4 Å². The van der Waals surface area contributed by atoms with Crippen molar-refractivity contribution in [3.8, 4) is 11.5 Å². The summed E-state index contributed by atoms with van der Waals surface area (Å²) in [5, 5.41) is 20.4. The highest BCUT2D eigenvalue weighted by Crippen LogP contribution is 2.47. The molecule has 5 heteroatoms. The Morgan fingerprint density at radius 3 is 1.56 bits per heavy atom. The van der Waals surface area contributed by atoms with Gasteiger partial charge in [0, 0.05) is 11.1 Å². The number of phenolic OH excluding ortho intramolecular Hbond substituents is 2. The second kappa shape index (κ2) is 5.73. The van der Waals surface area contributed by atoms with Crippen molar-refractivity contribution in [3.63, 3.8) is 0 Å². The minimum absolute atomic E-state index is 0.232. The van der Waals surface area contributed by atoms with Gasteiger partial charge >= 0.3 is 0 Å². The van der Waals surface area contributed by atoms with Crippen LogP contribution in [0.5, 0.6) is 11.5 Å². The van der Waals surface area contributed by atoms with Gasteiger partial charge in [0.05, 0.1) is 26.4 Å². The third-order valence-electron chi connectivity index (χ3n) is 5.07. The van der Waals surface area contributed by atoms with Gasteiger partial charge < -0.3 is 24.4 Å². The molecule has 2 heterocycles. The summed E-state index contributed by atoms with van der Waals surface area (Å²) in [7, 11) is 0. The van der Waals surface area contributed by atoms with Gasteiger partial charge in [-0.2, -0.15) is 0 Å². The van der Waals surface area contributed by atoms with Crippen LogP contribution >= 0.6 is 0 Å². The van der Waals surface area contributed by atoms with Crippen LogP contribution in [-0.2, 0) is 25.4 Å². The molecule has 0 radical (unpaired) electrons. The highest BCUT2D eigenvalue weighted by atomic mass is 16.6. The molecule has 2 aromatic rings. The highest BCUT2D eigenvalue weighted by Gasteiger charge is 2.53. The zero-order valence-corrected chi connectivity index (χ0v) is 14.4. The quantitative estimate of drug-likeness (QED) is 0.790. The van der Waals surface area contributed by atoms with Crippen LogP contribution in [0.2, 0.25) is 0 Å². The summed E-state index contributed by atoms with van der Waals surface area (Å²) in [6.07, 6.45) is 0. The van der Waals surface area contributed by atoms with Crippen molar-refractivity contribution < 1.29 is 24.4 Å². The number of aryl methyl sites for hydroxylation is 2.